The number of carbonyl (C=O) groups is 1. The van der Waals surface area contributed by atoms with Crippen LogP contribution in [0.15, 0.2) is 29.6 Å². The van der Waals surface area contributed by atoms with Crippen LogP contribution in [0.3, 0.4) is 0 Å². The van der Waals surface area contributed by atoms with Gasteiger partial charge in [0.15, 0.2) is 5.84 Å². The van der Waals surface area contributed by atoms with Crippen molar-refractivity contribution < 1.29 is 15.1 Å². The van der Waals surface area contributed by atoms with Gasteiger partial charge in [0.2, 0.25) is 0 Å². The number of amidine groups is 1. The number of nitrogens with zero attached hydrogens (tertiary/aromatic N) is 3. The quantitative estimate of drug-likeness (QED) is 0.287. The van der Waals surface area contributed by atoms with Gasteiger partial charge < -0.3 is 21.4 Å². The summed E-state index contributed by atoms with van der Waals surface area (Å²) in [5, 5.41) is 27.6. The summed E-state index contributed by atoms with van der Waals surface area (Å²) < 4.78 is 1.40. The van der Waals surface area contributed by atoms with Crippen LogP contribution in [0.2, 0.25) is 0 Å². The van der Waals surface area contributed by atoms with Crippen molar-refractivity contribution in [1.29, 1.82) is 0 Å². The SMILES string of the molecule is Cc1cc(O)ccc1C(=O)Nc1c(/C(N)=N/O)cnn1C. The molecule has 0 atom stereocenters. The summed E-state index contributed by atoms with van der Waals surface area (Å²) in [6, 6.07) is 4.43. The third kappa shape index (κ3) is 2.78. The Morgan fingerprint density at radius 1 is 1.43 bits per heavy atom. The summed E-state index contributed by atoms with van der Waals surface area (Å²) in [5.41, 5.74) is 6.87. The lowest BCUT2D eigenvalue weighted by Gasteiger charge is -2.10. The molecule has 1 aromatic heterocycles. The van der Waals surface area contributed by atoms with E-state index < -0.39 is 0 Å². The first-order chi connectivity index (χ1) is 9.93. The van der Waals surface area contributed by atoms with Gasteiger partial charge in [-0.05, 0) is 30.7 Å². The first-order valence-corrected chi connectivity index (χ1v) is 6.05. The highest BCUT2D eigenvalue weighted by molar-refractivity contribution is 6.09. The van der Waals surface area contributed by atoms with Crippen LogP contribution in [0.25, 0.3) is 0 Å². The molecule has 0 spiro atoms. The molecule has 1 amide bonds. The number of hydrogen-bond acceptors (Lipinski definition) is 5. The fourth-order valence-corrected chi connectivity index (χ4v) is 1.90. The summed E-state index contributed by atoms with van der Waals surface area (Å²) in [5.74, 6) is -0.145. The fraction of sp³-hybridized carbons (Fsp3) is 0.154. The monoisotopic (exact) mass is 289 g/mol. The van der Waals surface area contributed by atoms with Crippen molar-refractivity contribution in [2.45, 2.75) is 6.92 Å². The van der Waals surface area contributed by atoms with Crippen molar-refractivity contribution >= 4 is 17.6 Å². The number of nitrogens with one attached hydrogen (secondary N) is 1. The molecule has 110 valence electrons. The highest BCUT2D eigenvalue weighted by atomic mass is 16.4. The Balaban J connectivity index is 2.34. The van der Waals surface area contributed by atoms with Gasteiger partial charge in [-0.2, -0.15) is 5.10 Å². The molecular weight excluding hydrogens is 274 g/mol. The van der Waals surface area contributed by atoms with Crippen LogP contribution in [-0.4, -0.2) is 31.8 Å². The van der Waals surface area contributed by atoms with Gasteiger partial charge in [0, 0.05) is 12.6 Å². The van der Waals surface area contributed by atoms with Crippen molar-refractivity contribution in [3.8, 4) is 5.75 Å². The molecule has 8 nitrogen and oxygen atoms in total. The molecule has 0 aliphatic carbocycles. The second-order valence-corrected chi connectivity index (χ2v) is 4.47. The zero-order valence-electron chi connectivity index (χ0n) is 11.5. The van der Waals surface area contributed by atoms with Crippen LogP contribution in [0.1, 0.15) is 21.5 Å². The molecule has 0 bridgehead atoms. The minimum absolute atomic E-state index is 0.0851. The topological polar surface area (TPSA) is 126 Å². The number of rotatable bonds is 3. The Morgan fingerprint density at radius 3 is 2.76 bits per heavy atom. The average Bonchev–Trinajstić information content (AvgIpc) is 2.79. The number of hydrogen-bond donors (Lipinski definition) is 4. The number of carbonyl (C=O) groups excluding carboxylic acids is 1. The number of aromatic nitrogens is 2. The Hall–Kier alpha value is -3.03. The van der Waals surface area contributed by atoms with E-state index in [0.717, 1.165) is 0 Å². The molecule has 2 rings (SSSR count). The van der Waals surface area contributed by atoms with Crippen molar-refractivity contribution in [3.63, 3.8) is 0 Å². The standard InChI is InChI=1S/C13H15N5O3/c1-7-5-8(19)3-4-9(7)13(20)16-12-10(11(14)17-21)6-15-18(12)2/h3-6,19,21H,1-2H3,(H2,14,17)(H,16,20). The third-order valence-corrected chi connectivity index (χ3v) is 3.01. The molecule has 5 N–H and O–H groups in total. The highest BCUT2D eigenvalue weighted by Gasteiger charge is 2.17. The van der Waals surface area contributed by atoms with Crippen LogP contribution in [0.5, 0.6) is 5.75 Å². The molecule has 2 aromatic rings. The fourth-order valence-electron chi connectivity index (χ4n) is 1.90. The van der Waals surface area contributed by atoms with Crippen LogP contribution >= 0.6 is 0 Å². The van der Waals surface area contributed by atoms with E-state index in [1.807, 2.05) is 0 Å². The predicted molar refractivity (Wildman–Crippen MR) is 76.5 cm³/mol. The zero-order valence-corrected chi connectivity index (χ0v) is 11.5. The minimum atomic E-state index is -0.386. The van der Waals surface area contributed by atoms with E-state index in [2.05, 4.69) is 15.6 Å². The number of amides is 1. The van der Waals surface area contributed by atoms with Crippen molar-refractivity contribution in [3.05, 3.63) is 41.1 Å². The summed E-state index contributed by atoms with van der Waals surface area (Å²) >= 11 is 0. The van der Waals surface area contributed by atoms with E-state index in [0.29, 0.717) is 22.5 Å². The van der Waals surface area contributed by atoms with Crippen LogP contribution < -0.4 is 11.1 Å². The minimum Gasteiger partial charge on any atom is -0.508 e. The van der Waals surface area contributed by atoms with Gasteiger partial charge in [-0.1, -0.05) is 5.16 Å². The number of phenols is 1. The smallest absolute Gasteiger partial charge is 0.257 e. The van der Waals surface area contributed by atoms with Crippen LogP contribution in [0.4, 0.5) is 5.82 Å². The molecule has 0 unspecified atom stereocenters. The Morgan fingerprint density at radius 2 is 2.14 bits per heavy atom. The number of phenolic OH excluding ortho intramolecular Hbond substituents is 1. The summed E-state index contributed by atoms with van der Waals surface area (Å²) in [7, 11) is 1.62. The maximum absolute atomic E-state index is 12.3. The van der Waals surface area contributed by atoms with Crippen molar-refractivity contribution in [2.75, 3.05) is 5.32 Å². The van der Waals surface area contributed by atoms with Crippen LogP contribution in [-0.2, 0) is 7.05 Å². The van der Waals surface area contributed by atoms with Gasteiger partial charge in [0.05, 0.1) is 11.8 Å². The Kier molecular flexibility index (Phi) is 3.79. The maximum Gasteiger partial charge on any atom is 0.257 e. The molecule has 0 aliphatic rings. The van der Waals surface area contributed by atoms with Gasteiger partial charge in [0.25, 0.3) is 5.91 Å². The second-order valence-electron chi connectivity index (χ2n) is 4.47. The first kappa shape index (κ1) is 14.4. The molecule has 0 fully saturated rings. The average molecular weight is 289 g/mol. The van der Waals surface area contributed by atoms with Gasteiger partial charge in [-0.15, -0.1) is 0 Å². The highest BCUT2D eigenvalue weighted by Crippen LogP contribution is 2.19. The van der Waals surface area contributed by atoms with E-state index in [1.54, 1.807) is 14.0 Å². The summed E-state index contributed by atoms with van der Waals surface area (Å²) in [6.07, 6.45) is 1.38. The lowest BCUT2D eigenvalue weighted by molar-refractivity contribution is 0.102. The van der Waals surface area contributed by atoms with E-state index in [9.17, 15) is 9.90 Å². The molecule has 0 saturated carbocycles. The molecule has 0 radical (unpaired) electrons. The van der Waals surface area contributed by atoms with E-state index in [1.165, 1.54) is 29.1 Å². The van der Waals surface area contributed by atoms with Gasteiger partial charge in [-0.3, -0.25) is 9.48 Å². The number of oxime groups is 1. The summed E-state index contributed by atoms with van der Waals surface area (Å²) in [6.45, 7) is 1.71. The van der Waals surface area contributed by atoms with Crippen molar-refractivity contribution in [1.82, 2.24) is 9.78 Å². The van der Waals surface area contributed by atoms with E-state index >= 15 is 0 Å². The van der Waals surface area contributed by atoms with E-state index in [-0.39, 0.29) is 17.5 Å². The number of nitrogens with two attached hydrogens (primary N) is 1. The Labute approximate surface area is 120 Å². The third-order valence-electron chi connectivity index (χ3n) is 3.01. The number of aromatic hydroxyl groups is 1. The van der Waals surface area contributed by atoms with Gasteiger partial charge >= 0.3 is 0 Å². The largest absolute Gasteiger partial charge is 0.508 e. The maximum atomic E-state index is 12.3. The number of benzene rings is 1. The lowest BCUT2D eigenvalue weighted by Crippen LogP contribution is -2.20. The predicted octanol–water partition coefficient (Wildman–Crippen LogP) is 0.781. The van der Waals surface area contributed by atoms with Crippen molar-refractivity contribution in [2.24, 2.45) is 17.9 Å². The van der Waals surface area contributed by atoms with Gasteiger partial charge in [0.1, 0.15) is 11.6 Å². The molecular formula is C13H15N5O3. The zero-order chi connectivity index (χ0) is 15.6. The summed E-state index contributed by atoms with van der Waals surface area (Å²) in [4.78, 5) is 12.3. The van der Waals surface area contributed by atoms with Gasteiger partial charge in [-0.25, -0.2) is 0 Å². The normalized spacial score (nSPS) is 11.4. The molecule has 1 heterocycles. The lowest BCUT2D eigenvalue weighted by atomic mass is 10.1. The number of anilines is 1. The van der Waals surface area contributed by atoms with E-state index in [4.69, 9.17) is 10.9 Å². The van der Waals surface area contributed by atoms with Crippen LogP contribution in [0, 0.1) is 6.92 Å². The number of aryl methyl sites for hydroxylation is 2. The first-order valence-electron chi connectivity index (χ1n) is 6.05. The molecule has 21 heavy (non-hydrogen) atoms. The molecule has 8 heteroatoms. The Bertz CT molecular complexity index is 721. The molecule has 0 aliphatic heterocycles. The second kappa shape index (κ2) is 5.53. The molecule has 0 saturated heterocycles. The molecule has 1 aromatic carbocycles.